The summed E-state index contributed by atoms with van der Waals surface area (Å²) in [6, 6.07) is 9.87. The minimum Gasteiger partial charge on any atom is -0.779 e. The van der Waals surface area contributed by atoms with Crippen molar-refractivity contribution < 1.29 is 0 Å². The fourth-order valence-electron chi connectivity index (χ4n) is 1.27. The molecule has 2 aromatic rings. The molecule has 60 valence electrons. The van der Waals surface area contributed by atoms with E-state index < -0.39 is 0 Å². The van der Waals surface area contributed by atoms with Gasteiger partial charge in [0.05, 0.1) is 5.52 Å². The van der Waals surface area contributed by atoms with Crippen molar-refractivity contribution in [2.75, 3.05) is 0 Å². The lowest BCUT2D eigenvalue weighted by molar-refractivity contribution is 1.22. The number of para-hydroxylation sites is 1. The Morgan fingerprint density at radius 1 is 1.25 bits per heavy atom. The van der Waals surface area contributed by atoms with Crippen LogP contribution in [0.4, 0.5) is 0 Å². The summed E-state index contributed by atoms with van der Waals surface area (Å²) in [5.74, 6) is 0. The van der Waals surface area contributed by atoms with Crippen LogP contribution in [0.2, 0.25) is 0 Å². The molecule has 2 rings (SSSR count). The van der Waals surface area contributed by atoms with E-state index in [9.17, 15) is 0 Å². The first-order valence-corrected chi connectivity index (χ1v) is 4.21. The molecular weight excluding hydrogens is 166 g/mol. The number of aromatic nitrogens is 1. The molecule has 0 bridgehead atoms. The summed E-state index contributed by atoms with van der Waals surface area (Å²) in [5, 5.41) is 1.07. The number of aryl methyl sites for hydroxylation is 1. The van der Waals surface area contributed by atoms with E-state index in [-0.39, 0.29) is 0 Å². The third-order valence-corrected chi connectivity index (χ3v) is 2.14. The molecule has 0 aliphatic heterocycles. The number of nitrogens with zero attached hydrogens (tertiary/aromatic N) is 1. The zero-order chi connectivity index (χ0) is 8.55. The number of hydrogen-bond donors (Lipinski definition) is 0. The lowest BCUT2D eigenvalue weighted by Gasteiger charge is -2.10. The molecule has 1 nitrogen and oxygen atoms in total. The normalized spacial score (nSPS) is 10.4. The Kier molecular flexibility index (Phi) is 1.70. The van der Waals surface area contributed by atoms with E-state index >= 15 is 0 Å². The smallest absolute Gasteiger partial charge is 0.0690 e. The van der Waals surface area contributed by atoms with Gasteiger partial charge in [0.1, 0.15) is 0 Å². The van der Waals surface area contributed by atoms with Gasteiger partial charge >= 0.3 is 0 Å². The lowest BCUT2D eigenvalue weighted by atomic mass is 10.2. The Balaban J connectivity index is 2.89. The van der Waals surface area contributed by atoms with Crippen LogP contribution in [0, 0.1) is 6.92 Å². The topological polar surface area (TPSA) is 12.9 Å². The van der Waals surface area contributed by atoms with Gasteiger partial charge in [0.2, 0.25) is 0 Å². The maximum absolute atomic E-state index is 5.20. The number of benzene rings is 1. The van der Waals surface area contributed by atoms with Crippen LogP contribution in [-0.4, -0.2) is 4.98 Å². The highest BCUT2D eigenvalue weighted by Crippen LogP contribution is 2.16. The third kappa shape index (κ3) is 1.14. The van der Waals surface area contributed by atoms with Crippen molar-refractivity contribution >= 4 is 23.5 Å². The van der Waals surface area contributed by atoms with Crippen LogP contribution in [0.5, 0.6) is 0 Å². The second-order valence-corrected chi connectivity index (χ2v) is 3.22. The summed E-state index contributed by atoms with van der Waals surface area (Å²) in [6.07, 6.45) is 0. The van der Waals surface area contributed by atoms with Crippen molar-refractivity contribution in [3.05, 3.63) is 36.0 Å². The highest BCUT2D eigenvalue weighted by atomic mass is 32.1. The maximum atomic E-state index is 5.20. The van der Waals surface area contributed by atoms with Gasteiger partial charge < -0.3 is 12.6 Å². The fourth-order valence-corrected chi connectivity index (χ4v) is 1.61. The average molecular weight is 174 g/mol. The SMILES string of the molecule is Cc1cc([S-])c2ccccc2n1. The molecule has 0 saturated carbocycles. The minimum absolute atomic E-state index is 0.887. The van der Waals surface area contributed by atoms with E-state index in [1.807, 2.05) is 37.3 Å². The van der Waals surface area contributed by atoms with Gasteiger partial charge in [-0.05, 0) is 18.4 Å². The first-order chi connectivity index (χ1) is 5.77. The van der Waals surface area contributed by atoms with Gasteiger partial charge in [-0.3, -0.25) is 4.98 Å². The van der Waals surface area contributed by atoms with E-state index in [0.717, 1.165) is 21.5 Å². The highest BCUT2D eigenvalue weighted by Gasteiger charge is 1.93. The largest absolute Gasteiger partial charge is 0.779 e. The van der Waals surface area contributed by atoms with E-state index in [2.05, 4.69) is 4.98 Å². The van der Waals surface area contributed by atoms with Gasteiger partial charge in [0.15, 0.2) is 0 Å². The molecule has 0 atom stereocenters. The molecule has 0 spiro atoms. The van der Waals surface area contributed by atoms with E-state index in [1.165, 1.54) is 0 Å². The maximum Gasteiger partial charge on any atom is 0.0690 e. The van der Waals surface area contributed by atoms with Gasteiger partial charge in [-0.1, -0.05) is 24.3 Å². The number of fused-ring (bicyclic) bond motifs is 1. The van der Waals surface area contributed by atoms with Crippen LogP contribution < -0.4 is 0 Å². The molecule has 1 heterocycles. The summed E-state index contributed by atoms with van der Waals surface area (Å²) in [4.78, 5) is 5.26. The summed E-state index contributed by atoms with van der Waals surface area (Å²) in [6.45, 7) is 1.96. The van der Waals surface area contributed by atoms with Crippen LogP contribution in [0.25, 0.3) is 10.9 Å². The van der Waals surface area contributed by atoms with Gasteiger partial charge in [-0.15, -0.1) is 0 Å². The Morgan fingerprint density at radius 2 is 2.00 bits per heavy atom. The van der Waals surface area contributed by atoms with Crippen molar-refractivity contribution in [2.45, 2.75) is 11.8 Å². The number of pyridine rings is 1. The Hall–Kier alpha value is -1.15. The molecule has 12 heavy (non-hydrogen) atoms. The van der Waals surface area contributed by atoms with Crippen molar-refractivity contribution in [1.29, 1.82) is 0 Å². The van der Waals surface area contributed by atoms with Gasteiger partial charge in [0.25, 0.3) is 0 Å². The summed E-state index contributed by atoms with van der Waals surface area (Å²) in [5.41, 5.74) is 1.97. The molecular formula is C10H8NS-. The van der Waals surface area contributed by atoms with Gasteiger partial charge in [-0.25, -0.2) is 0 Å². The molecule has 0 N–H and O–H groups in total. The molecule has 0 fully saturated rings. The van der Waals surface area contributed by atoms with E-state index in [0.29, 0.717) is 0 Å². The zero-order valence-corrected chi connectivity index (χ0v) is 7.56. The number of rotatable bonds is 0. The third-order valence-electron chi connectivity index (χ3n) is 1.81. The fraction of sp³-hybridized carbons (Fsp3) is 0.100. The predicted molar refractivity (Wildman–Crippen MR) is 52.1 cm³/mol. The highest BCUT2D eigenvalue weighted by molar-refractivity contribution is 7.59. The second-order valence-electron chi connectivity index (χ2n) is 2.78. The average Bonchev–Trinajstić information content (AvgIpc) is 2.04. The molecule has 0 aliphatic rings. The van der Waals surface area contributed by atoms with Crippen molar-refractivity contribution in [2.24, 2.45) is 0 Å². The summed E-state index contributed by atoms with van der Waals surface area (Å²) >= 11 is 5.20. The van der Waals surface area contributed by atoms with E-state index in [1.54, 1.807) is 0 Å². The molecule has 0 radical (unpaired) electrons. The van der Waals surface area contributed by atoms with Crippen LogP contribution in [-0.2, 0) is 12.6 Å². The Labute approximate surface area is 76.9 Å². The van der Waals surface area contributed by atoms with Crippen molar-refractivity contribution in [3.8, 4) is 0 Å². The molecule has 1 aromatic heterocycles. The van der Waals surface area contributed by atoms with Crippen molar-refractivity contribution in [1.82, 2.24) is 4.98 Å². The lowest BCUT2D eigenvalue weighted by Crippen LogP contribution is -1.85. The second kappa shape index (κ2) is 2.72. The molecule has 0 aliphatic carbocycles. The van der Waals surface area contributed by atoms with E-state index in [4.69, 9.17) is 12.6 Å². The number of hydrogen-bond acceptors (Lipinski definition) is 2. The van der Waals surface area contributed by atoms with Gasteiger partial charge in [0, 0.05) is 5.69 Å². The predicted octanol–water partition coefficient (Wildman–Crippen LogP) is 2.45. The zero-order valence-electron chi connectivity index (χ0n) is 6.74. The van der Waals surface area contributed by atoms with Crippen LogP contribution >= 0.6 is 0 Å². The van der Waals surface area contributed by atoms with Crippen molar-refractivity contribution in [3.63, 3.8) is 0 Å². The quantitative estimate of drug-likeness (QED) is 0.569. The molecule has 0 saturated heterocycles. The molecule has 1 aromatic carbocycles. The molecule has 2 heteroatoms. The summed E-state index contributed by atoms with van der Waals surface area (Å²) < 4.78 is 0. The van der Waals surface area contributed by atoms with Crippen LogP contribution in [0.15, 0.2) is 35.2 Å². The Morgan fingerprint density at radius 3 is 2.83 bits per heavy atom. The Bertz CT molecular complexity index is 423. The molecule has 0 amide bonds. The first-order valence-electron chi connectivity index (χ1n) is 3.81. The van der Waals surface area contributed by atoms with Crippen LogP contribution in [0.1, 0.15) is 5.69 Å². The summed E-state index contributed by atoms with van der Waals surface area (Å²) in [7, 11) is 0. The first kappa shape index (κ1) is 7.50. The molecule has 0 unspecified atom stereocenters. The monoisotopic (exact) mass is 174 g/mol. The van der Waals surface area contributed by atoms with Crippen LogP contribution in [0.3, 0.4) is 0 Å². The minimum atomic E-state index is 0.887. The standard InChI is InChI=1S/C10H9NS/c1-7-6-10(12)8-4-2-3-5-9(8)11-7/h2-6H,1H3,(H,11,12)/p-1. The van der Waals surface area contributed by atoms with Gasteiger partial charge in [-0.2, -0.15) is 4.90 Å².